The van der Waals surface area contributed by atoms with Crippen molar-refractivity contribution in [3.05, 3.63) is 69.9 Å². The zero-order chi connectivity index (χ0) is 22.8. The third-order valence-corrected chi connectivity index (χ3v) is 6.41. The molecule has 2 aromatic rings. The lowest BCUT2D eigenvalue weighted by atomic mass is 9.97. The van der Waals surface area contributed by atoms with Crippen molar-refractivity contribution in [2.45, 2.75) is 33.6 Å². The zero-order valence-corrected chi connectivity index (χ0v) is 19.6. The monoisotopic (exact) mass is 452 g/mol. The van der Waals surface area contributed by atoms with E-state index in [9.17, 15) is 9.59 Å². The number of piperidine rings is 1. The van der Waals surface area contributed by atoms with Crippen LogP contribution in [0.15, 0.2) is 48.2 Å². The van der Waals surface area contributed by atoms with Crippen molar-refractivity contribution < 1.29 is 14.3 Å². The summed E-state index contributed by atoms with van der Waals surface area (Å²) in [7, 11) is 0. The highest BCUT2D eigenvalue weighted by molar-refractivity contribution is 6.36. The van der Waals surface area contributed by atoms with Gasteiger partial charge in [-0.15, -0.1) is 0 Å². The van der Waals surface area contributed by atoms with Crippen molar-refractivity contribution in [2.75, 3.05) is 26.2 Å². The van der Waals surface area contributed by atoms with Crippen LogP contribution in [-0.4, -0.2) is 47.9 Å². The molecule has 1 fully saturated rings. The van der Waals surface area contributed by atoms with Crippen molar-refractivity contribution in [1.29, 1.82) is 0 Å². The fraction of sp³-hybridized carbons (Fsp3) is 0.385. The van der Waals surface area contributed by atoms with Gasteiger partial charge in [-0.25, -0.2) is 0 Å². The average Bonchev–Trinajstić information content (AvgIpc) is 2.99. The van der Waals surface area contributed by atoms with E-state index in [1.807, 2.05) is 38.1 Å². The summed E-state index contributed by atoms with van der Waals surface area (Å²) in [5, 5.41) is 0.596. The van der Waals surface area contributed by atoms with E-state index < -0.39 is 0 Å². The van der Waals surface area contributed by atoms with Crippen molar-refractivity contribution in [3.8, 4) is 5.75 Å². The quantitative estimate of drug-likeness (QED) is 0.588. The number of nitrogens with zero attached hydrogens (tertiary/aromatic N) is 2. The first kappa shape index (κ1) is 22.4. The van der Waals surface area contributed by atoms with Gasteiger partial charge in [0, 0.05) is 18.1 Å². The van der Waals surface area contributed by atoms with Crippen LogP contribution in [0.4, 0.5) is 0 Å². The highest BCUT2D eigenvalue weighted by Crippen LogP contribution is 2.34. The summed E-state index contributed by atoms with van der Waals surface area (Å²) in [5.74, 6) is 0.867. The number of ether oxygens (including phenoxy) is 1. The van der Waals surface area contributed by atoms with E-state index in [4.69, 9.17) is 16.3 Å². The number of benzene rings is 2. The summed E-state index contributed by atoms with van der Waals surface area (Å²) in [5.41, 5.74) is 3.92. The smallest absolute Gasteiger partial charge is 0.277 e. The Morgan fingerprint density at radius 3 is 2.22 bits per heavy atom. The van der Waals surface area contributed by atoms with E-state index in [2.05, 4.69) is 17.9 Å². The molecule has 2 amide bonds. The molecule has 6 heteroatoms. The SMILES string of the molecule is Cc1cc(C)cc(OCCN2C(=O)C(c3ccc(Cl)cc3)=C(N3CCC(C)CC3)C2=O)c1. The topological polar surface area (TPSA) is 49.9 Å². The second-order valence-electron chi connectivity index (χ2n) is 8.83. The van der Waals surface area contributed by atoms with Crippen LogP contribution < -0.4 is 4.74 Å². The van der Waals surface area contributed by atoms with Gasteiger partial charge in [0.15, 0.2) is 0 Å². The third kappa shape index (κ3) is 4.68. The van der Waals surface area contributed by atoms with Gasteiger partial charge in [0.05, 0.1) is 12.1 Å². The molecule has 2 aromatic carbocycles. The molecule has 0 bridgehead atoms. The Bertz CT molecular complexity index is 1030. The maximum atomic E-state index is 13.4. The molecule has 0 spiro atoms. The fourth-order valence-electron chi connectivity index (χ4n) is 4.44. The van der Waals surface area contributed by atoms with Gasteiger partial charge in [-0.3, -0.25) is 14.5 Å². The molecule has 4 rings (SSSR count). The first-order valence-electron chi connectivity index (χ1n) is 11.2. The standard InChI is InChI=1S/C26H29ClN2O3/c1-17-8-10-28(11-9-17)24-23(20-4-6-21(27)7-5-20)25(30)29(26(24)31)12-13-32-22-15-18(2)14-19(3)16-22/h4-7,14-17H,8-13H2,1-3H3. The summed E-state index contributed by atoms with van der Waals surface area (Å²) in [6.45, 7) is 8.26. The van der Waals surface area contributed by atoms with Gasteiger partial charge in [-0.1, -0.05) is 36.7 Å². The number of hydrogen-bond acceptors (Lipinski definition) is 4. The van der Waals surface area contributed by atoms with Gasteiger partial charge in [0.25, 0.3) is 11.8 Å². The molecule has 2 heterocycles. The molecule has 0 radical (unpaired) electrons. The molecule has 0 aliphatic carbocycles. The number of likely N-dealkylation sites (tertiary alicyclic amines) is 1. The molecule has 0 N–H and O–H groups in total. The average molecular weight is 453 g/mol. The van der Waals surface area contributed by atoms with Crippen LogP contribution in [-0.2, 0) is 9.59 Å². The summed E-state index contributed by atoms with van der Waals surface area (Å²) >= 11 is 6.06. The lowest BCUT2D eigenvalue weighted by molar-refractivity contribution is -0.138. The first-order chi connectivity index (χ1) is 15.3. The zero-order valence-electron chi connectivity index (χ0n) is 18.9. The van der Waals surface area contributed by atoms with E-state index in [1.165, 1.54) is 4.90 Å². The number of imide groups is 1. The lowest BCUT2D eigenvalue weighted by Crippen LogP contribution is -2.39. The number of hydrogen-bond donors (Lipinski definition) is 0. The van der Waals surface area contributed by atoms with E-state index in [0.29, 0.717) is 22.2 Å². The Morgan fingerprint density at radius 1 is 0.969 bits per heavy atom. The Labute approximate surface area is 194 Å². The minimum Gasteiger partial charge on any atom is -0.492 e. The molecule has 0 aromatic heterocycles. The molecule has 5 nitrogen and oxygen atoms in total. The molecular weight excluding hydrogens is 424 g/mol. The van der Waals surface area contributed by atoms with Crippen molar-refractivity contribution in [3.63, 3.8) is 0 Å². The number of amides is 2. The highest BCUT2D eigenvalue weighted by atomic mass is 35.5. The number of rotatable bonds is 6. The molecule has 0 atom stereocenters. The summed E-state index contributed by atoms with van der Waals surface area (Å²) < 4.78 is 5.88. The number of carbonyl (C=O) groups is 2. The normalized spacial score (nSPS) is 17.5. The van der Waals surface area contributed by atoms with Gasteiger partial charge in [-0.05, 0) is 73.6 Å². The molecule has 168 valence electrons. The maximum absolute atomic E-state index is 13.4. The van der Waals surface area contributed by atoms with E-state index in [0.717, 1.165) is 48.4 Å². The van der Waals surface area contributed by atoms with Crippen LogP contribution in [0.5, 0.6) is 5.75 Å². The van der Waals surface area contributed by atoms with Gasteiger partial charge in [0.2, 0.25) is 0 Å². The van der Waals surface area contributed by atoms with Crippen molar-refractivity contribution >= 4 is 29.0 Å². The van der Waals surface area contributed by atoms with E-state index in [-0.39, 0.29) is 25.0 Å². The minimum atomic E-state index is -0.269. The molecule has 2 aliphatic heterocycles. The van der Waals surface area contributed by atoms with Crippen LogP contribution in [0.2, 0.25) is 5.02 Å². The van der Waals surface area contributed by atoms with Crippen LogP contribution in [0, 0.1) is 19.8 Å². The number of aryl methyl sites for hydroxylation is 2. The largest absolute Gasteiger partial charge is 0.492 e. The van der Waals surface area contributed by atoms with Crippen LogP contribution in [0.3, 0.4) is 0 Å². The fourth-order valence-corrected chi connectivity index (χ4v) is 4.57. The molecule has 1 saturated heterocycles. The van der Waals surface area contributed by atoms with Crippen LogP contribution >= 0.6 is 11.6 Å². The second kappa shape index (κ2) is 9.37. The lowest BCUT2D eigenvalue weighted by Gasteiger charge is -2.32. The third-order valence-electron chi connectivity index (χ3n) is 6.16. The Morgan fingerprint density at radius 2 is 1.59 bits per heavy atom. The highest BCUT2D eigenvalue weighted by Gasteiger charge is 2.41. The Balaban J connectivity index is 1.56. The first-order valence-corrected chi connectivity index (χ1v) is 11.5. The molecule has 0 saturated carbocycles. The summed E-state index contributed by atoms with van der Waals surface area (Å²) in [6.07, 6.45) is 2.02. The van der Waals surface area contributed by atoms with Gasteiger partial charge >= 0.3 is 0 Å². The minimum absolute atomic E-state index is 0.204. The Kier molecular flexibility index (Phi) is 6.56. The molecule has 32 heavy (non-hydrogen) atoms. The predicted octanol–water partition coefficient (Wildman–Crippen LogP) is 4.85. The number of halogens is 1. The van der Waals surface area contributed by atoms with Crippen molar-refractivity contribution in [1.82, 2.24) is 9.80 Å². The van der Waals surface area contributed by atoms with Crippen molar-refractivity contribution in [2.24, 2.45) is 5.92 Å². The van der Waals surface area contributed by atoms with Gasteiger partial charge < -0.3 is 9.64 Å². The van der Waals surface area contributed by atoms with E-state index in [1.54, 1.807) is 12.1 Å². The van der Waals surface area contributed by atoms with E-state index >= 15 is 0 Å². The summed E-state index contributed by atoms with van der Waals surface area (Å²) in [4.78, 5) is 30.2. The molecule has 0 unspecified atom stereocenters. The second-order valence-corrected chi connectivity index (χ2v) is 9.27. The van der Waals surface area contributed by atoms with Crippen LogP contribution in [0.1, 0.15) is 36.5 Å². The summed E-state index contributed by atoms with van der Waals surface area (Å²) in [6, 6.07) is 13.1. The van der Waals surface area contributed by atoms with Gasteiger partial charge in [-0.2, -0.15) is 0 Å². The predicted molar refractivity (Wildman–Crippen MR) is 126 cm³/mol. The molecular formula is C26H29ClN2O3. The molecule has 2 aliphatic rings. The number of carbonyl (C=O) groups excluding carboxylic acids is 2. The van der Waals surface area contributed by atoms with Crippen LogP contribution in [0.25, 0.3) is 5.57 Å². The van der Waals surface area contributed by atoms with Gasteiger partial charge in [0.1, 0.15) is 18.1 Å². The Hall–Kier alpha value is -2.79. The maximum Gasteiger partial charge on any atom is 0.277 e.